The zero-order valence-corrected chi connectivity index (χ0v) is 9.71. The van der Waals surface area contributed by atoms with Crippen LogP contribution in [0, 0.1) is 0 Å². The molecule has 0 saturated heterocycles. The molecule has 0 fully saturated rings. The molecule has 2 aromatic heterocycles. The number of nitrogens with zero attached hydrogens (tertiary/aromatic N) is 1. The quantitative estimate of drug-likeness (QED) is 0.544. The summed E-state index contributed by atoms with van der Waals surface area (Å²) in [5.41, 5.74) is 3.87. The second-order valence-corrected chi connectivity index (χ2v) is 4.06. The summed E-state index contributed by atoms with van der Waals surface area (Å²) >= 11 is 0. The molecule has 3 aromatic rings. The SMILES string of the molecule is NNC(c1ccco1)c1cccc2cnccc12. The van der Waals surface area contributed by atoms with Crippen LogP contribution >= 0.6 is 0 Å². The summed E-state index contributed by atoms with van der Waals surface area (Å²) in [6.07, 6.45) is 5.27. The van der Waals surface area contributed by atoms with E-state index in [4.69, 9.17) is 10.3 Å². The highest BCUT2D eigenvalue weighted by Gasteiger charge is 2.17. The molecular weight excluding hydrogens is 226 g/mol. The molecule has 0 spiro atoms. The van der Waals surface area contributed by atoms with E-state index in [-0.39, 0.29) is 6.04 Å². The van der Waals surface area contributed by atoms with Crippen LogP contribution in [0.5, 0.6) is 0 Å². The first-order valence-electron chi connectivity index (χ1n) is 5.72. The number of benzene rings is 1. The largest absolute Gasteiger partial charge is 0.467 e. The molecule has 0 bridgehead atoms. The van der Waals surface area contributed by atoms with Gasteiger partial charge in [-0.25, -0.2) is 5.43 Å². The Hall–Kier alpha value is -2.17. The van der Waals surface area contributed by atoms with Gasteiger partial charge in [0.25, 0.3) is 0 Å². The molecule has 0 saturated carbocycles. The Balaban J connectivity index is 2.18. The molecule has 1 atom stereocenters. The van der Waals surface area contributed by atoms with Gasteiger partial charge in [-0.3, -0.25) is 10.8 Å². The Labute approximate surface area is 104 Å². The standard InChI is InChI=1S/C14H13N3O/c15-17-14(13-5-2-8-18-13)12-4-1-3-10-9-16-7-6-11(10)12/h1-9,14,17H,15H2. The van der Waals surface area contributed by atoms with Crippen LogP contribution in [0.15, 0.2) is 59.5 Å². The van der Waals surface area contributed by atoms with Crippen molar-refractivity contribution in [3.8, 4) is 0 Å². The first-order valence-corrected chi connectivity index (χ1v) is 5.72. The zero-order valence-electron chi connectivity index (χ0n) is 9.71. The Kier molecular flexibility index (Phi) is 2.80. The number of rotatable bonds is 3. The molecule has 3 N–H and O–H groups in total. The van der Waals surface area contributed by atoms with Crippen LogP contribution in [-0.4, -0.2) is 4.98 Å². The second kappa shape index (κ2) is 4.60. The van der Waals surface area contributed by atoms with E-state index >= 15 is 0 Å². The average Bonchev–Trinajstić information content (AvgIpc) is 2.94. The average molecular weight is 239 g/mol. The lowest BCUT2D eigenvalue weighted by molar-refractivity contribution is 0.453. The fourth-order valence-corrected chi connectivity index (χ4v) is 2.18. The summed E-state index contributed by atoms with van der Waals surface area (Å²) < 4.78 is 5.43. The molecular formula is C14H13N3O. The third kappa shape index (κ3) is 1.77. The van der Waals surface area contributed by atoms with Crippen molar-refractivity contribution in [2.24, 2.45) is 5.84 Å². The fraction of sp³-hybridized carbons (Fsp3) is 0.0714. The summed E-state index contributed by atoms with van der Waals surface area (Å²) in [5.74, 6) is 6.45. The number of hydrogen-bond acceptors (Lipinski definition) is 4. The highest BCUT2D eigenvalue weighted by molar-refractivity contribution is 5.85. The maximum atomic E-state index is 5.66. The molecule has 0 amide bonds. The van der Waals surface area contributed by atoms with Gasteiger partial charge >= 0.3 is 0 Å². The van der Waals surface area contributed by atoms with Crippen LogP contribution < -0.4 is 11.3 Å². The number of aromatic nitrogens is 1. The van der Waals surface area contributed by atoms with Gasteiger partial charge in [0.2, 0.25) is 0 Å². The summed E-state index contributed by atoms with van der Waals surface area (Å²) in [5, 5.41) is 2.20. The summed E-state index contributed by atoms with van der Waals surface area (Å²) in [6, 6.07) is 11.6. The molecule has 18 heavy (non-hydrogen) atoms. The first-order chi connectivity index (χ1) is 8.90. The molecule has 1 unspecified atom stereocenters. The van der Waals surface area contributed by atoms with E-state index in [1.54, 1.807) is 12.5 Å². The summed E-state index contributed by atoms with van der Waals surface area (Å²) in [4.78, 5) is 4.13. The van der Waals surface area contributed by atoms with Crippen molar-refractivity contribution >= 4 is 10.8 Å². The number of furan rings is 1. The number of nitrogens with one attached hydrogen (secondary N) is 1. The lowest BCUT2D eigenvalue weighted by Crippen LogP contribution is -2.28. The van der Waals surface area contributed by atoms with E-state index in [0.717, 1.165) is 22.1 Å². The molecule has 0 radical (unpaired) electrons. The molecule has 0 aliphatic rings. The fourth-order valence-electron chi connectivity index (χ4n) is 2.18. The number of nitrogens with two attached hydrogens (primary N) is 1. The van der Waals surface area contributed by atoms with Crippen LogP contribution in [0.2, 0.25) is 0 Å². The number of fused-ring (bicyclic) bond motifs is 1. The van der Waals surface area contributed by atoms with Gasteiger partial charge in [0, 0.05) is 17.8 Å². The molecule has 2 heterocycles. The molecule has 90 valence electrons. The van der Waals surface area contributed by atoms with Gasteiger partial charge in [-0.05, 0) is 29.1 Å². The van der Waals surface area contributed by atoms with Gasteiger partial charge in [0.15, 0.2) is 0 Å². The lowest BCUT2D eigenvalue weighted by Gasteiger charge is -2.16. The van der Waals surface area contributed by atoms with Crippen molar-refractivity contribution in [2.45, 2.75) is 6.04 Å². The van der Waals surface area contributed by atoms with Crippen molar-refractivity contribution in [3.63, 3.8) is 0 Å². The molecule has 0 aliphatic heterocycles. The lowest BCUT2D eigenvalue weighted by atomic mass is 9.99. The van der Waals surface area contributed by atoms with Gasteiger partial charge in [0.05, 0.1) is 6.26 Å². The monoisotopic (exact) mass is 239 g/mol. The van der Waals surface area contributed by atoms with E-state index in [1.807, 2.05) is 42.6 Å². The Morgan fingerprint density at radius 2 is 2.11 bits per heavy atom. The highest BCUT2D eigenvalue weighted by atomic mass is 16.3. The van der Waals surface area contributed by atoms with Gasteiger partial charge in [-0.1, -0.05) is 18.2 Å². The molecule has 1 aromatic carbocycles. The van der Waals surface area contributed by atoms with E-state index in [1.165, 1.54) is 0 Å². The minimum absolute atomic E-state index is 0.161. The molecule has 4 nitrogen and oxygen atoms in total. The van der Waals surface area contributed by atoms with E-state index in [2.05, 4.69) is 10.4 Å². The van der Waals surface area contributed by atoms with Crippen molar-refractivity contribution < 1.29 is 4.42 Å². The second-order valence-electron chi connectivity index (χ2n) is 4.06. The van der Waals surface area contributed by atoms with Gasteiger partial charge in [0.1, 0.15) is 11.8 Å². The smallest absolute Gasteiger partial charge is 0.126 e. The molecule has 3 rings (SSSR count). The van der Waals surface area contributed by atoms with Crippen LogP contribution in [0.4, 0.5) is 0 Å². The maximum Gasteiger partial charge on any atom is 0.126 e. The topological polar surface area (TPSA) is 64.1 Å². The molecule has 4 heteroatoms. The van der Waals surface area contributed by atoms with E-state index in [0.29, 0.717) is 0 Å². The third-order valence-electron chi connectivity index (χ3n) is 3.02. The predicted octanol–water partition coefficient (Wildman–Crippen LogP) is 2.38. The van der Waals surface area contributed by atoms with Crippen LogP contribution in [0.3, 0.4) is 0 Å². The minimum Gasteiger partial charge on any atom is -0.467 e. The van der Waals surface area contributed by atoms with Crippen molar-refractivity contribution in [1.82, 2.24) is 10.4 Å². The Morgan fingerprint density at radius 3 is 2.89 bits per heavy atom. The van der Waals surface area contributed by atoms with E-state index < -0.39 is 0 Å². The minimum atomic E-state index is -0.161. The number of pyridine rings is 1. The van der Waals surface area contributed by atoms with Crippen molar-refractivity contribution in [1.29, 1.82) is 0 Å². The van der Waals surface area contributed by atoms with Gasteiger partial charge in [-0.15, -0.1) is 0 Å². The predicted molar refractivity (Wildman–Crippen MR) is 69.6 cm³/mol. The molecule has 0 aliphatic carbocycles. The Morgan fingerprint density at radius 1 is 1.17 bits per heavy atom. The zero-order chi connectivity index (χ0) is 12.4. The normalized spacial score (nSPS) is 12.7. The Bertz CT molecular complexity index is 644. The van der Waals surface area contributed by atoms with Crippen LogP contribution in [0.1, 0.15) is 17.4 Å². The highest BCUT2D eigenvalue weighted by Crippen LogP contribution is 2.28. The first kappa shape index (κ1) is 11.0. The number of hydrazine groups is 1. The van der Waals surface area contributed by atoms with Crippen molar-refractivity contribution in [3.05, 3.63) is 66.4 Å². The summed E-state index contributed by atoms with van der Waals surface area (Å²) in [7, 11) is 0. The maximum absolute atomic E-state index is 5.66. The van der Waals surface area contributed by atoms with E-state index in [9.17, 15) is 0 Å². The van der Waals surface area contributed by atoms with Gasteiger partial charge in [-0.2, -0.15) is 0 Å². The summed E-state index contributed by atoms with van der Waals surface area (Å²) in [6.45, 7) is 0. The van der Waals surface area contributed by atoms with Crippen molar-refractivity contribution in [2.75, 3.05) is 0 Å². The third-order valence-corrected chi connectivity index (χ3v) is 3.02. The van der Waals surface area contributed by atoms with Crippen LogP contribution in [0.25, 0.3) is 10.8 Å². The number of hydrogen-bond donors (Lipinski definition) is 2. The van der Waals surface area contributed by atoms with Crippen LogP contribution in [-0.2, 0) is 0 Å². The van der Waals surface area contributed by atoms with Gasteiger partial charge < -0.3 is 4.42 Å².